The summed E-state index contributed by atoms with van der Waals surface area (Å²) in [4.78, 5) is 36.4. The zero-order valence-corrected chi connectivity index (χ0v) is 11.6. The summed E-state index contributed by atoms with van der Waals surface area (Å²) in [6.45, 7) is -0.272. The zero-order valence-electron chi connectivity index (χ0n) is 10.0. The molecule has 1 aromatic heterocycles. The van der Waals surface area contributed by atoms with Crippen LogP contribution in [0.25, 0.3) is 0 Å². The number of hydrogen-bond donors (Lipinski definition) is 2. The Morgan fingerprint density at radius 3 is 2.60 bits per heavy atom. The summed E-state index contributed by atoms with van der Waals surface area (Å²) in [6, 6.07) is 5.22. The lowest BCUT2D eigenvalue weighted by atomic mass is 10.3. The first-order valence-corrected chi connectivity index (χ1v) is 6.29. The van der Waals surface area contributed by atoms with Gasteiger partial charge in [-0.25, -0.2) is 9.18 Å². The highest BCUT2D eigenvalue weighted by Gasteiger charge is 2.07. The number of nitrogens with zero attached hydrogens (tertiary/aromatic N) is 1. The molecule has 0 aliphatic carbocycles. The maximum atomic E-state index is 12.7. The monoisotopic (exact) mass is 341 g/mol. The Balaban J connectivity index is 2.12. The molecule has 0 spiro atoms. The normalized spacial score (nSPS) is 10.3. The second kappa shape index (κ2) is 5.83. The molecule has 0 radical (unpaired) electrons. The highest BCUT2D eigenvalue weighted by Crippen LogP contribution is 2.08. The minimum atomic E-state index is -0.688. The van der Waals surface area contributed by atoms with E-state index < -0.39 is 23.0 Å². The topological polar surface area (TPSA) is 84.0 Å². The van der Waals surface area contributed by atoms with E-state index in [9.17, 15) is 18.8 Å². The first-order chi connectivity index (χ1) is 9.45. The third-order valence-electron chi connectivity index (χ3n) is 2.41. The number of benzene rings is 1. The summed E-state index contributed by atoms with van der Waals surface area (Å²) in [6.07, 6.45) is 1.23. The van der Waals surface area contributed by atoms with E-state index in [2.05, 4.69) is 26.2 Å². The summed E-state index contributed by atoms with van der Waals surface area (Å²) in [5, 5.41) is 2.51. The number of carbonyl (C=O) groups is 1. The van der Waals surface area contributed by atoms with Gasteiger partial charge in [-0.1, -0.05) is 0 Å². The largest absolute Gasteiger partial charge is 0.328 e. The number of aromatic nitrogens is 2. The molecule has 6 nitrogen and oxygen atoms in total. The first-order valence-electron chi connectivity index (χ1n) is 5.50. The van der Waals surface area contributed by atoms with Gasteiger partial charge in [0.2, 0.25) is 5.91 Å². The molecule has 0 atom stereocenters. The van der Waals surface area contributed by atoms with Gasteiger partial charge in [0, 0.05) is 11.9 Å². The second-order valence-electron chi connectivity index (χ2n) is 3.92. The van der Waals surface area contributed by atoms with Crippen molar-refractivity contribution in [2.75, 3.05) is 5.32 Å². The maximum absolute atomic E-state index is 12.7. The highest BCUT2D eigenvalue weighted by molar-refractivity contribution is 9.10. The van der Waals surface area contributed by atoms with E-state index in [1.54, 1.807) is 0 Å². The van der Waals surface area contributed by atoms with Crippen molar-refractivity contribution in [1.82, 2.24) is 9.55 Å². The van der Waals surface area contributed by atoms with E-state index >= 15 is 0 Å². The molecular weight excluding hydrogens is 333 g/mol. The minimum absolute atomic E-state index is 0.145. The molecule has 2 rings (SSSR count). The molecule has 0 aliphatic heterocycles. The van der Waals surface area contributed by atoms with Gasteiger partial charge in [0.05, 0.1) is 4.47 Å². The van der Waals surface area contributed by atoms with Crippen molar-refractivity contribution >= 4 is 27.5 Å². The molecule has 104 valence electrons. The number of hydrogen-bond acceptors (Lipinski definition) is 3. The first kappa shape index (κ1) is 14.2. The second-order valence-corrected chi connectivity index (χ2v) is 4.77. The van der Waals surface area contributed by atoms with Crippen LogP contribution in [0.15, 0.2) is 44.5 Å². The molecule has 0 aliphatic rings. The van der Waals surface area contributed by atoms with E-state index in [0.717, 1.165) is 4.57 Å². The number of rotatable bonds is 3. The molecule has 20 heavy (non-hydrogen) atoms. The highest BCUT2D eigenvalue weighted by atomic mass is 79.9. The molecule has 0 bridgehead atoms. The number of aromatic amines is 1. The average molecular weight is 342 g/mol. The fraction of sp³-hybridized carbons (Fsp3) is 0.0833. The number of H-pyrrole nitrogens is 1. The van der Waals surface area contributed by atoms with E-state index in [4.69, 9.17) is 0 Å². The molecule has 1 amide bonds. The van der Waals surface area contributed by atoms with E-state index in [1.807, 2.05) is 0 Å². The molecule has 1 aromatic carbocycles. The van der Waals surface area contributed by atoms with Crippen molar-refractivity contribution < 1.29 is 9.18 Å². The standard InChI is InChI=1S/C12H9BrFN3O3/c13-9-5-17(12(20)16-11(9)19)6-10(18)15-8-3-1-7(14)2-4-8/h1-5H,6H2,(H,15,18)(H,16,19,20). The van der Waals surface area contributed by atoms with Crippen molar-refractivity contribution in [2.45, 2.75) is 6.54 Å². The Hall–Kier alpha value is -2.22. The van der Waals surface area contributed by atoms with Crippen LogP contribution in [0.1, 0.15) is 0 Å². The van der Waals surface area contributed by atoms with Crippen LogP contribution in [-0.2, 0) is 11.3 Å². The van der Waals surface area contributed by atoms with Gasteiger partial charge in [-0.05, 0) is 40.2 Å². The van der Waals surface area contributed by atoms with Gasteiger partial charge in [0.1, 0.15) is 12.4 Å². The molecule has 8 heteroatoms. The van der Waals surface area contributed by atoms with Crippen LogP contribution in [0.2, 0.25) is 0 Å². The fourth-order valence-electron chi connectivity index (χ4n) is 1.49. The van der Waals surface area contributed by atoms with E-state index in [-0.39, 0.29) is 11.0 Å². The van der Waals surface area contributed by atoms with Crippen LogP contribution >= 0.6 is 15.9 Å². The molecular formula is C12H9BrFN3O3. The van der Waals surface area contributed by atoms with E-state index in [0.29, 0.717) is 5.69 Å². The molecule has 2 aromatic rings. The Kier molecular flexibility index (Phi) is 4.14. The smallest absolute Gasteiger partial charge is 0.325 e. The number of halogens is 2. The minimum Gasteiger partial charge on any atom is -0.325 e. The van der Waals surface area contributed by atoms with Crippen LogP contribution in [0.3, 0.4) is 0 Å². The SMILES string of the molecule is O=C(Cn1cc(Br)c(=O)[nH]c1=O)Nc1ccc(F)cc1. The molecule has 0 saturated heterocycles. The van der Waals surface area contributed by atoms with Crippen molar-refractivity contribution in [3.05, 3.63) is 61.6 Å². The Morgan fingerprint density at radius 2 is 1.95 bits per heavy atom. The summed E-state index contributed by atoms with van der Waals surface area (Å²) < 4.78 is 13.9. The number of carbonyl (C=O) groups excluding carboxylic acids is 1. The molecule has 0 unspecified atom stereocenters. The quantitative estimate of drug-likeness (QED) is 0.875. The third kappa shape index (κ3) is 3.41. The molecule has 0 saturated carbocycles. The molecule has 1 heterocycles. The molecule has 0 fully saturated rings. The summed E-state index contributed by atoms with van der Waals surface area (Å²) in [5.74, 6) is -0.888. The number of anilines is 1. The molecule has 2 N–H and O–H groups in total. The number of nitrogens with one attached hydrogen (secondary N) is 2. The van der Waals surface area contributed by atoms with Gasteiger partial charge in [0.15, 0.2) is 0 Å². The van der Waals surface area contributed by atoms with Crippen molar-refractivity contribution in [1.29, 1.82) is 0 Å². The van der Waals surface area contributed by atoms with Crippen LogP contribution in [-0.4, -0.2) is 15.5 Å². The summed E-state index contributed by atoms with van der Waals surface area (Å²) in [5.41, 5.74) is -0.842. The lowest BCUT2D eigenvalue weighted by molar-refractivity contribution is -0.116. The van der Waals surface area contributed by atoms with Crippen LogP contribution < -0.4 is 16.6 Å². The van der Waals surface area contributed by atoms with Gasteiger partial charge in [-0.15, -0.1) is 0 Å². The lowest BCUT2D eigenvalue weighted by Crippen LogP contribution is -2.33. The Labute approximate surface area is 120 Å². The third-order valence-corrected chi connectivity index (χ3v) is 2.97. The predicted octanol–water partition coefficient (Wildman–Crippen LogP) is 1.08. The summed E-state index contributed by atoms with van der Waals surface area (Å²) in [7, 11) is 0. The zero-order chi connectivity index (χ0) is 14.7. The summed E-state index contributed by atoms with van der Waals surface area (Å²) >= 11 is 2.97. The van der Waals surface area contributed by atoms with Crippen LogP contribution in [0.4, 0.5) is 10.1 Å². The van der Waals surface area contributed by atoms with Crippen molar-refractivity contribution in [2.24, 2.45) is 0 Å². The maximum Gasteiger partial charge on any atom is 0.328 e. The van der Waals surface area contributed by atoms with Gasteiger partial charge >= 0.3 is 5.69 Å². The average Bonchev–Trinajstić information content (AvgIpc) is 2.39. The van der Waals surface area contributed by atoms with Crippen molar-refractivity contribution in [3.8, 4) is 0 Å². The van der Waals surface area contributed by atoms with Crippen LogP contribution in [0.5, 0.6) is 0 Å². The number of amides is 1. The lowest BCUT2D eigenvalue weighted by Gasteiger charge is -2.07. The van der Waals surface area contributed by atoms with E-state index in [1.165, 1.54) is 30.5 Å². The van der Waals surface area contributed by atoms with Crippen LogP contribution in [0, 0.1) is 5.82 Å². The van der Waals surface area contributed by atoms with Gasteiger partial charge < -0.3 is 5.32 Å². The van der Waals surface area contributed by atoms with Gasteiger partial charge in [0.25, 0.3) is 5.56 Å². The fourth-order valence-corrected chi connectivity index (χ4v) is 1.83. The van der Waals surface area contributed by atoms with Gasteiger partial charge in [-0.3, -0.25) is 19.1 Å². The predicted molar refractivity (Wildman–Crippen MR) is 74.1 cm³/mol. The Morgan fingerprint density at radius 1 is 1.30 bits per heavy atom. The van der Waals surface area contributed by atoms with Gasteiger partial charge in [-0.2, -0.15) is 0 Å². The Bertz CT molecular complexity index is 752. The van der Waals surface area contributed by atoms with Crippen molar-refractivity contribution in [3.63, 3.8) is 0 Å².